The summed E-state index contributed by atoms with van der Waals surface area (Å²) >= 11 is 0. The maximum atomic E-state index is 13.6. The highest BCUT2D eigenvalue weighted by atomic mass is 16.6. The lowest BCUT2D eigenvalue weighted by molar-refractivity contribution is -0.147. The molecule has 2 N–H and O–H groups in total. The first-order chi connectivity index (χ1) is 14.9. The van der Waals surface area contributed by atoms with Crippen molar-refractivity contribution in [2.24, 2.45) is 0 Å². The quantitative estimate of drug-likeness (QED) is 0.610. The van der Waals surface area contributed by atoms with Gasteiger partial charge in [-0.2, -0.15) is 0 Å². The lowest BCUT2D eigenvalue weighted by Crippen LogP contribution is -2.57. The first kappa shape index (κ1) is 28.5. The standard InChI is InChI=1S/C26H43N3O4/c1-12-26(10,11)29(20(30)16-27-23(32)33-25(7,8)9)21(22(31)28-24(4,5)6)19-14-13-17(2)18(3)15-19/h13-15,21H,12,16H2,1-11H3,(H,27,32)(H,28,31). The van der Waals surface area contributed by atoms with Gasteiger partial charge in [-0.3, -0.25) is 9.59 Å². The van der Waals surface area contributed by atoms with Crippen molar-refractivity contribution in [2.75, 3.05) is 6.54 Å². The molecule has 0 aromatic heterocycles. The van der Waals surface area contributed by atoms with Crippen LogP contribution in [0.2, 0.25) is 0 Å². The average Bonchev–Trinajstić information content (AvgIpc) is 2.63. The number of nitrogens with one attached hydrogen (secondary N) is 2. The highest BCUT2D eigenvalue weighted by Gasteiger charge is 2.41. The largest absolute Gasteiger partial charge is 0.444 e. The van der Waals surface area contributed by atoms with Crippen LogP contribution in [0.4, 0.5) is 4.79 Å². The van der Waals surface area contributed by atoms with Crippen molar-refractivity contribution in [1.82, 2.24) is 15.5 Å². The van der Waals surface area contributed by atoms with Crippen molar-refractivity contribution >= 4 is 17.9 Å². The molecule has 1 aromatic carbocycles. The fraction of sp³-hybridized carbons (Fsp3) is 0.654. The molecule has 0 aliphatic rings. The number of hydrogen-bond donors (Lipinski definition) is 2. The summed E-state index contributed by atoms with van der Waals surface area (Å²) < 4.78 is 5.27. The summed E-state index contributed by atoms with van der Waals surface area (Å²) in [4.78, 5) is 40.9. The number of nitrogens with zero attached hydrogens (tertiary/aromatic N) is 1. The van der Waals surface area contributed by atoms with Gasteiger partial charge in [0.25, 0.3) is 0 Å². The number of carbonyl (C=O) groups is 3. The lowest BCUT2D eigenvalue weighted by atomic mass is 9.91. The van der Waals surface area contributed by atoms with E-state index in [9.17, 15) is 14.4 Å². The van der Waals surface area contributed by atoms with Gasteiger partial charge in [-0.1, -0.05) is 25.1 Å². The predicted octanol–water partition coefficient (Wildman–Crippen LogP) is 4.80. The molecule has 0 heterocycles. The van der Waals surface area contributed by atoms with Gasteiger partial charge in [-0.25, -0.2) is 4.79 Å². The second kappa shape index (κ2) is 10.6. The molecule has 1 unspecified atom stereocenters. The van der Waals surface area contributed by atoms with E-state index in [1.54, 1.807) is 25.7 Å². The number of amides is 3. The van der Waals surface area contributed by atoms with E-state index in [0.717, 1.165) is 16.7 Å². The van der Waals surface area contributed by atoms with E-state index in [4.69, 9.17) is 4.74 Å². The Balaban J connectivity index is 3.45. The summed E-state index contributed by atoms with van der Waals surface area (Å²) in [5.41, 5.74) is 1.07. The topological polar surface area (TPSA) is 87.7 Å². The van der Waals surface area contributed by atoms with E-state index in [-0.39, 0.29) is 18.4 Å². The first-order valence-electron chi connectivity index (χ1n) is 11.6. The summed E-state index contributed by atoms with van der Waals surface area (Å²) in [6, 6.07) is 4.95. The Labute approximate surface area is 199 Å². The Morgan fingerprint density at radius 1 is 0.970 bits per heavy atom. The zero-order chi connectivity index (χ0) is 25.8. The van der Waals surface area contributed by atoms with E-state index < -0.39 is 28.8 Å². The minimum Gasteiger partial charge on any atom is -0.444 e. The molecule has 186 valence electrons. The number of carbonyl (C=O) groups excluding carboxylic acids is 3. The van der Waals surface area contributed by atoms with Gasteiger partial charge < -0.3 is 20.3 Å². The van der Waals surface area contributed by atoms with Crippen molar-refractivity contribution in [2.45, 2.75) is 105 Å². The maximum Gasteiger partial charge on any atom is 0.408 e. The van der Waals surface area contributed by atoms with Gasteiger partial charge in [-0.05, 0) is 92.3 Å². The average molecular weight is 462 g/mol. The van der Waals surface area contributed by atoms with E-state index in [2.05, 4.69) is 10.6 Å². The van der Waals surface area contributed by atoms with Crippen LogP contribution in [0.3, 0.4) is 0 Å². The molecule has 7 heteroatoms. The Morgan fingerprint density at radius 2 is 1.55 bits per heavy atom. The van der Waals surface area contributed by atoms with Crippen LogP contribution in [0.25, 0.3) is 0 Å². The molecule has 0 spiro atoms. The summed E-state index contributed by atoms with van der Waals surface area (Å²) in [5.74, 6) is -0.627. The SMILES string of the molecule is CCC(C)(C)N(C(=O)CNC(=O)OC(C)(C)C)C(C(=O)NC(C)(C)C)c1ccc(C)c(C)c1. The van der Waals surface area contributed by atoms with Crippen LogP contribution in [0.15, 0.2) is 18.2 Å². The van der Waals surface area contributed by atoms with Crippen molar-refractivity contribution in [3.05, 3.63) is 34.9 Å². The van der Waals surface area contributed by atoms with E-state index in [1.165, 1.54) is 0 Å². The molecule has 0 aliphatic carbocycles. The minimum atomic E-state index is -0.855. The van der Waals surface area contributed by atoms with Crippen molar-refractivity contribution in [3.8, 4) is 0 Å². The van der Waals surface area contributed by atoms with Gasteiger partial charge >= 0.3 is 6.09 Å². The Morgan fingerprint density at radius 3 is 2.00 bits per heavy atom. The van der Waals surface area contributed by atoms with Gasteiger partial charge in [0.15, 0.2) is 0 Å². The normalized spacial score (nSPS) is 13.2. The van der Waals surface area contributed by atoms with Gasteiger partial charge in [0.2, 0.25) is 11.8 Å². The van der Waals surface area contributed by atoms with Crippen molar-refractivity contribution in [3.63, 3.8) is 0 Å². The third-order valence-corrected chi connectivity index (χ3v) is 5.42. The molecule has 1 aromatic rings. The second-order valence-corrected chi connectivity index (χ2v) is 11.3. The van der Waals surface area contributed by atoms with E-state index in [0.29, 0.717) is 6.42 Å². The molecule has 0 radical (unpaired) electrons. The predicted molar refractivity (Wildman–Crippen MR) is 132 cm³/mol. The summed E-state index contributed by atoms with van der Waals surface area (Å²) in [5, 5.41) is 5.58. The molecule has 7 nitrogen and oxygen atoms in total. The Hall–Kier alpha value is -2.57. The lowest BCUT2D eigenvalue weighted by Gasteiger charge is -2.44. The molecule has 0 saturated carbocycles. The Kier molecular flexibility index (Phi) is 9.12. The maximum absolute atomic E-state index is 13.6. The van der Waals surface area contributed by atoms with Crippen LogP contribution in [-0.2, 0) is 14.3 Å². The van der Waals surface area contributed by atoms with Crippen molar-refractivity contribution in [1.29, 1.82) is 0 Å². The fourth-order valence-corrected chi connectivity index (χ4v) is 3.34. The number of rotatable bonds is 7. The number of hydrogen-bond acceptors (Lipinski definition) is 4. The molecule has 3 amide bonds. The van der Waals surface area contributed by atoms with Crippen LogP contribution in [-0.4, -0.2) is 46.0 Å². The molecule has 1 rings (SSSR count). The van der Waals surface area contributed by atoms with Gasteiger partial charge in [-0.15, -0.1) is 0 Å². The third-order valence-electron chi connectivity index (χ3n) is 5.42. The molecule has 0 bridgehead atoms. The summed E-state index contributed by atoms with van der Waals surface area (Å²) in [6.07, 6.45) is -0.0537. The molecular weight excluding hydrogens is 418 g/mol. The number of ether oxygens (including phenoxy) is 1. The highest BCUT2D eigenvalue weighted by Crippen LogP contribution is 2.32. The first-order valence-corrected chi connectivity index (χ1v) is 11.6. The molecular formula is C26H43N3O4. The Bertz CT molecular complexity index is 863. The van der Waals surface area contributed by atoms with Gasteiger partial charge in [0.1, 0.15) is 18.2 Å². The number of alkyl carbamates (subject to hydrolysis) is 1. The zero-order valence-corrected chi connectivity index (χ0v) is 22.3. The van der Waals surface area contributed by atoms with Crippen molar-refractivity contribution < 1.29 is 19.1 Å². The molecule has 0 aliphatic heterocycles. The second-order valence-electron chi connectivity index (χ2n) is 11.3. The number of aryl methyl sites for hydroxylation is 2. The number of benzene rings is 1. The van der Waals surface area contributed by atoms with Crippen LogP contribution >= 0.6 is 0 Å². The molecule has 1 atom stereocenters. The van der Waals surface area contributed by atoms with Crippen LogP contribution in [0.5, 0.6) is 0 Å². The van der Waals surface area contributed by atoms with Crippen LogP contribution in [0.1, 0.15) is 91.5 Å². The minimum absolute atomic E-state index is 0.266. The van der Waals surface area contributed by atoms with E-state index in [1.807, 2.05) is 73.6 Å². The fourth-order valence-electron chi connectivity index (χ4n) is 3.34. The van der Waals surface area contributed by atoms with Crippen LogP contribution < -0.4 is 10.6 Å². The van der Waals surface area contributed by atoms with Gasteiger partial charge in [0, 0.05) is 11.1 Å². The molecule has 0 fully saturated rings. The monoisotopic (exact) mass is 461 g/mol. The van der Waals surface area contributed by atoms with Crippen LogP contribution in [0, 0.1) is 13.8 Å². The summed E-state index contributed by atoms with van der Waals surface area (Å²) in [6.45, 7) is 20.5. The third kappa shape index (κ3) is 8.71. The molecule has 0 saturated heterocycles. The van der Waals surface area contributed by atoms with E-state index >= 15 is 0 Å². The van der Waals surface area contributed by atoms with Gasteiger partial charge in [0.05, 0.1) is 0 Å². The summed E-state index contributed by atoms with van der Waals surface area (Å²) in [7, 11) is 0. The molecule has 33 heavy (non-hydrogen) atoms. The highest BCUT2D eigenvalue weighted by molar-refractivity contribution is 5.91. The smallest absolute Gasteiger partial charge is 0.408 e. The zero-order valence-electron chi connectivity index (χ0n) is 22.3.